The number of alkyl halides is 1. The minimum absolute atomic E-state index is 0.157. The molecule has 0 fully saturated rings. The molecule has 0 aliphatic carbocycles. The second-order valence-electron chi connectivity index (χ2n) is 10.3. The van der Waals surface area contributed by atoms with Crippen molar-refractivity contribution in [3.63, 3.8) is 0 Å². The first kappa shape index (κ1) is 24.6. The van der Waals surface area contributed by atoms with Crippen molar-refractivity contribution in [1.29, 1.82) is 0 Å². The Morgan fingerprint density at radius 3 is 2.26 bits per heavy atom. The molecule has 0 saturated carbocycles. The molecule has 2 aromatic carbocycles. The number of hydrogen-bond acceptors (Lipinski definition) is 4. The number of halogens is 1. The van der Waals surface area contributed by atoms with Gasteiger partial charge in [0.05, 0.1) is 12.2 Å². The lowest BCUT2D eigenvalue weighted by atomic mass is 9.98. The highest BCUT2D eigenvalue weighted by Gasteiger charge is 2.27. The fourth-order valence-electron chi connectivity index (χ4n) is 4.51. The summed E-state index contributed by atoms with van der Waals surface area (Å²) in [5, 5.41) is 14.4. The summed E-state index contributed by atoms with van der Waals surface area (Å²) in [6.07, 6.45) is 1.57. The van der Waals surface area contributed by atoms with Crippen LogP contribution in [0.2, 0.25) is 0 Å². The molecule has 184 valence electrons. The third kappa shape index (κ3) is 5.11. The van der Waals surface area contributed by atoms with E-state index < -0.39 is 12.2 Å². The number of tetrazole rings is 1. The van der Waals surface area contributed by atoms with E-state index in [1.807, 2.05) is 69.3 Å². The molecule has 0 spiro atoms. The first-order chi connectivity index (χ1) is 16.7. The summed E-state index contributed by atoms with van der Waals surface area (Å²) in [7, 11) is 0. The summed E-state index contributed by atoms with van der Waals surface area (Å²) in [6, 6.07) is 16.0. The van der Waals surface area contributed by atoms with E-state index in [2.05, 4.69) is 34.5 Å². The topological polar surface area (TPSA) is 81.4 Å². The smallest absolute Gasteiger partial charge is 0.292 e. The minimum atomic E-state index is -0.654. The van der Waals surface area contributed by atoms with Crippen LogP contribution in [0.5, 0.6) is 0 Å². The molecule has 1 N–H and O–H groups in total. The molecule has 0 aliphatic rings. The molecule has 4 aromatic rings. The number of hydrogen-bond donors (Lipinski definition) is 1. The predicted molar refractivity (Wildman–Crippen MR) is 136 cm³/mol. The molecule has 0 amide bonds. The van der Waals surface area contributed by atoms with Gasteiger partial charge in [-0.2, -0.15) is 5.21 Å². The van der Waals surface area contributed by atoms with Crippen molar-refractivity contribution < 1.29 is 4.39 Å². The highest BCUT2D eigenvalue weighted by molar-refractivity contribution is 5.80. The molecular formula is C27H33FN6O. The summed E-state index contributed by atoms with van der Waals surface area (Å²) in [5.74, 6) is 0.996. The van der Waals surface area contributed by atoms with Gasteiger partial charge in [0.1, 0.15) is 6.67 Å². The van der Waals surface area contributed by atoms with Crippen molar-refractivity contribution in [1.82, 2.24) is 29.8 Å². The van der Waals surface area contributed by atoms with Crippen LogP contribution >= 0.6 is 0 Å². The van der Waals surface area contributed by atoms with Gasteiger partial charge in [-0.05, 0) is 61.4 Å². The highest BCUT2D eigenvalue weighted by Crippen LogP contribution is 2.30. The van der Waals surface area contributed by atoms with E-state index in [9.17, 15) is 9.18 Å². The third-order valence-corrected chi connectivity index (χ3v) is 6.23. The summed E-state index contributed by atoms with van der Waals surface area (Å²) in [5.41, 5.74) is 4.51. The van der Waals surface area contributed by atoms with E-state index in [1.54, 1.807) is 9.13 Å². The quantitative estimate of drug-likeness (QED) is 0.371. The van der Waals surface area contributed by atoms with Crippen LogP contribution < -0.4 is 5.69 Å². The average molecular weight is 477 g/mol. The average Bonchev–Trinajstić information content (AvgIpc) is 3.45. The van der Waals surface area contributed by atoms with Crippen LogP contribution in [0.3, 0.4) is 0 Å². The van der Waals surface area contributed by atoms with E-state index >= 15 is 0 Å². The van der Waals surface area contributed by atoms with Gasteiger partial charge in [0.25, 0.3) is 0 Å². The van der Waals surface area contributed by atoms with Gasteiger partial charge in [0, 0.05) is 16.8 Å². The maximum atomic E-state index is 14.2. The van der Waals surface area contributed by atoms with Crippen LogP contribution in [0.4, 0.5) is 4.39 Å². The van der Waals surface area contributed by atoms with Crippen molar-refractivity contribution in [2.75, 3.05) is 0 Å². The van der Waals surface area contributed by atoms with Crippen LogP contribution in [0.15, 0.2) is 53.3 Å². The first-order valence-electron chi connectivity index (χ1n) is 12.0. The van der Waals surface area contributed by atoms with Gasteiger partial charge in [-0.1, -0.05) is 62.4 Å². The number of imidazole rings is 1. The molecule has 0 unspecified atom stereocenters. The lowest BCUT2D eigenvalue weighted by Crippen LogP contribution is -2.36. The van der Waals surface area contributed by atoms with Crippen LogP contribution in [-0.2, 0) is 25.2 Å². The van der Waals surface area contributed by atoms with Gasteiger partial charge in [-0.25, -0.2) is 9.18 Å². The Hall–Kier alpha value is -3.55. The molecule has 0 aliphatic heterocycles. The summed E-state index contributed by atoms with van der Waals surface area (Å²) in [6.45, 7) is 9.86. The molecule has 35 heavy (non-hydrogen) atoms. The van der Waals surface area contributed by atoms with Crippen molar-refractivity contribution in [2.24, 2.45) is 5.92 Å². The van der Waals surface area contributed by atoms with Gasteiger partial charge in [-0.3, -0.25) is 9.13 Å². The van der Waals surface area contributed by atoms with Gasteiger partial charge in [0.2, 0.25) is 5.82 Å². The molecule has 2 heterocycles. The predicted octanol–water partition coefficient (Wildman–Crippen LogP) is 5.36. The van der Waals surface area contributed by atoms with Gasteiger partial charge < -0.3 is 0 Å². The zero-order chi connectivity index (χ0) is 25.2. The van der Waals surface area contributed by atoms with E-state index in [0.29, 0.717) is 30.4 Å². The fraction of sp³-hybridized carbons (Fsp3) is 0.407. The first-order valence-corrected chi connectivity index (χ1v) is 12.0. The molecule has 2 aromatic heterocycles. The number of nitrogens with one attached hydrogen (secondary N) is 1. The second-order valence-corrected chi connectivity index (χ2v) is 10.3. The Labute approximate surface area is 205 Å². The number of nitrogens with zero attached hydrogens (tertiary/aromatic N) is 5. The van der Waals surface area contributed by atoms with Crippen LogP contribution in [0.25, 0.3) is 22.5 Å². The largest absolute Gasteiger partial charge is 0.329 e. The standard InChI is InChI=1S/C27H33FN6O/c1-18(2)10-15-23-24(16-28)34(27(3,4)5)26(35)33(23)17-19-11-13-20(14-12-19)21-8-6-7-9-22(21)25-29-31-32-30-25/h6-9,11-14,18H,10,15-17H2,1-5H3,(H,29,30,31,32). The van der Waals surface area contributed by atoms with Crippen molar-refractivity contribution >= 4 is 0 Å². The number of aromatic amines is 1. The Morgan fingerprint density at radius 2 is 1.69 bits per heavy atom. The molecule has 8 heteroatoms. The molecule has 4 rings (SSSR count). The lowest BCUT2D eigenvalue weighted by molar-refractivity contribution is 0.345. The second kappa shape index (κ2) is 9.98. The molecule has 0 bridgehead atoms. The lowest BCUT2D eigenvalue weighted by Gasteiger charge is -2.22. The molecule has 0 saturated heterocycles. The van der Waals surface area contributed by atoms with E-state index in [0.717, 1.165) is 34.4 Å². The normalized spacial score (nSPS) is 12.0. The number of H-pyrrole nitrogens is 1. The van der Waals surface area contributed by atoms with E-state index in [4.69, 9.17) is 0 Å². The minimum Gasteiger partial charge on any atom is -0.292 e. The Balaban J connectivity index is 1.70. The zero-order valence-electron chi connectivity index (χ0n) is 21.0. The summed E-state index contributed by atoms with van der Waals surface area (Å²) in [4.78, 5) is 13.5. The number of rotatable bonds is 8. The Kier molecular flexibility index (Phi) is 7.00. The van der Waals surface area contributed by atoms with Crippen LogP contribution in [-0.4, -0.2) is 29.8 Å². The van der Waals surface area contributed by atoms with Gasteiger partial charge in [0.15, 0.2) is 0 Å². The van der Waals surface area contributed by atoms with E-state index in [-0.39, 0.29) is 5.69 Å². The molecule has 7 nitrogen and oxygen atoms in total. The molecule has 0 radical (unpaired) electrons. The van der Waals surface area contributed by atoms with E-state index in [1.165, 1.54) is 0 Å². The third-order valence-electron chi connectivity index (χ3n) is 6.23. The Bertz CT molecular complexity index is 1330. The number of benzene rings is 2. The maximum Gasteiger partial charge on any atom is 0.329 e. The van der Waals surface area contributed by atoms with Gasteiger partial charge >= 0.3 is 5.69 Å². The Morgan fingerprint density at radius 1 is 1.00 bits per heavy atom. The summed E-state index contributed by atoms with van der Waals surface area (Å²) >= 11 is 0. The van der Waals surface area contributed by atoms with Crippen LogP contribution in [0, 0.1) is 5.92 Å². The monoisotopic (exact) mass is 476 g/mol. The fourth-order valence-corrected chi connectivity index (χ4v) is 4.51. The van der Waals surface area contributed by atoms with Gasteiger partial charge in [-0.15, -0.1) is 10.2 Å². The van der Waals surface area contributed by atoms with Crippen molar-refractivity contribution in [2.45, 2.75) is 66.2 Å². The highest BCUT2D eigenvalue weighted by atomic mass is 19.1. The summed E-state index contributed by atoms with van der Waals surface area (Å²) < 4.78 is 17.6. The van der Waals surface area contributed by atoms with Crippen molar-refractivity contribution in [3.8, 4) is 22.5 Å². The zero-order valence-corrected chi connectivity index (χ0v) is 21.0. The molecular weight excluding hydrogens is 443 g/mol. The SMILES string of the molecule is CC(C)CCc1c(CF)n(C(C)(C)C)c(=O)n1Cc1ccc(-c2ccccc2-c2nn[nH]n2)cc1. The molecule has 0 atom stereocenters. The van der Waals surface area contributed by atoms with Crippen LogP contribution in [0.1, 0.15) is 58.0 Å². The van der Waals surface area contributed by atoms with Crippen molar-refractivity contribution in [3.05, 3.63) is 76.0 Å². The number of aromatic nitrogens is 6. The maximum absolute atomic E-state index is 14.2.